The zero-order valence-corrected chi connectivity index (χ0v) is 11.0. The molecule has 0 atom stereocenters. The van der Waals surface area contributed by atoms with Gasteiger partial charge in [-0.3, -0.25) is 0 Å². The summed E-state index contributed by atoms with van der Waals surface area (Å²) in [6.45, 7) is 3.13. The second kappa shape index (κ2) is 6.80. The van der Waals surface area contributed by atoms with Crippen molar-refractivity contribution in [3.63, 3.8) is 0 Å². The summed E-state index contributed by atoms with van der Waals surface area (Å²) in [4.78, 5) is 9.52. The van der Waals surface area contributed by atoms with Gasteiger partial charge in [0.2, 0.25) is 0 Å². The summed E-state index contributed by atoms with van der Waals surface area (Å²) >= 11 is 5.85. The number of alkyl halides is 2. The first-order valence-electron chi connectivity index (χ1n) is 5.62. The van der Waals surface area contributed by atoms with Crippen molar-refractivity contribution in [2.24, 2.45) is 0 Å². The van der Waals surface area contributed by atoms with Crippen LogP contribution in [0.5, 0.6) is 0 Å². The molecule has 0 bridgehead atoms. The van der Waals surface area contributed by atoms with Crippen LogP contribution < -0.4 is 4.90 Å². The van der Waals surface area contributed by atoms with Crippen LogP contribution in [-0.4, -0.2) is 41.2 Å². The Bertz CT molecular complexity index is 391. The van der Waals surface area contributed by atoms with Crippen LogP contribution in [0.4, 0.5) is 14.6 Å². The Morgan fingerprint density at radius 3 is 2.56 bits per heavy atom. The largest absolute Gasteiger partial charge is 0.395 e. The fraction of sp³-hybridized carbons (Fsp3) is 0.636. The first-order valence-corrected chi connectivity index (χ1v) is 6.00. The van der Waals surface area contributed by atoms with Gasteiger partial charge >= 0.3 is 0 Å². The van der Waals surface area contributed by atoms with Gasteiger partial charge < -0.3 is 10.0 Å². The number of aliphatic hydroxyl groups excluding tert-OH is 1. The van der Waals surface area contributed by atoms with E-state index >= 15 is 0 Å². The van der Waals surface area contributed by atoms with Crippen LogP contribution in [0.25, 0.3) is 0 Å². The molecule has 1 N–H and O–H groups in total. The van der Waals surface area contributed by atoms with Crippen molar-refractivity contribution in [3.8, 4) is 0 Å². The van der Waals surface area contributed by atoms with Gasteiger partial charge in [-0.2, -0.15) is 0 Å². The molecule has 0 fully saturated rings. The van der Waals surface area contributed by atoms with E-state index in [4.69, 9.17) is 16.7 Å². The van der Waals surface area contributed by atoms with Crippen LogP contribution in [-0.2, 0) is 0 Å². The fourth-order valence-electron chi connectivity index (χ4n) is 1.43. The van der Waals surface area contributed by atoms with Crippen molar-refractivity contribution in [2.45, 2.75) is 26.2 Å². The summed E-state index contributed by atoms with van der Waals surface area (Å²) < 4.78 is 24.9. The van der Waals surface area contributed by atoms with E-state index < -0.39 is 13.0 Å². The maximum absolute atomic E-state index is 12.5. The van der Waals surface area contributed by atoms with E-state index in [-0.39, 0.29) is 24.2 Å². The number of aliphatic hydroxyl groups is 1. The van der Waals surface area contributed by atoms with E-state index in [0.29, 0.717) is 11.6 Å². The molecule has 0 radical (unpaired) electrons. The summed E-state index contributed by atoms with van der Waals surface area (Å²) in [6.07, 6.45) is -2.51. The highest BCUT2D eigenvalue weighted by atomic mass is 35.5. The SMILES string of the molecule is CC(C)c1nc(Cl)cc(N(CCO)CC(F)F)n1. The standard InChI is InChI=1S/C11H16ClF2N3O/c1-7(2)11-15-8(12)5-10(16-11)17(3-4-18)6-9(13)14/h5,7,9,18H,3-4,6H2,1-2H3. The predicted molar refractivity (Wildman–Crippen MR) is 66.4 cm³/mol. The summed E-state index contributed by atoms with van der Waals surface area (Å²) in [5.74, 6) is 0.854. The molecule has 0 aliphatic heterocycles. The summed E-state index contributed by atoms with van der Waals surface area (Å²) in [6, 6.07) is 1.42. The third-order valence-electron chi connectivity index (χ3n) is 2.27. The maximum atomic E-state index is 12.5. The molecule has 0 spiro atoms. The van der Waals surface area contributed by atoms with Gasteiger partial charge in [0.1, 0.15) is 16.8 Å². The quantitative estimate of drug-likeness (QED) is 0.812. The molecule has 0 amide bonds. The molecule has 0 aromatic carbocycles. The molecule has 1 aromatic rings. The molecule has 0 saturated carbocycles. The first-order chi connectivity index (χ1) is 8.43. The van der Waals surface area contributed by atoms with Crippen LogP contribution in [0.2, 0.25) is 5.15 Å². The minimum Gasteiger partial charge on any atom is -0.395 e. The molecular formula is C11H16ClF2N3O. The number of aromatic nitrogens is 2. The fourth-order valence-corrected chi connectivity index (χ4v) is 1.61. The summed E-state index contributed by atoms with van der Waals surface area (Å²) in [5.41, 5.74) is 0. The van der Waals surface area contributed by atoms with E-state index in [1.807, 2.05) is 13.8 Å². The molecule has 102 valence electrons. The highest BCUT2D eigenvalue weighted by Crippen LogP contribution is 2.20. The zero-order chi connectivity index (χ0) is 13.7. The number of hydrogen-bond donors (Lipinski definition) is 1. The van der Waals surface area contributed by atoms with E-state index in [9.17, 15) is 8.78 Å². The molecule has 0 saturated heterocycles. The normalized spacial score (nSPS) is 11.3. The number of rotatable bonds is 6. The minimum atomic E-state index is -2.51. The van der Waals surface area contributed by atoms with Gasteiger partial charge in [-0.1, -0.05) is 25.4 Å². The Balaban J connectivity index is 3.02. The number of nitrogens with zero attached hydrogens (tertiary/aromatic N) is 3. The second-order valence-corrected chi connectivity index (χ2v) is 4.51. The highest BCUT2D eigenvalue weighted by Gasteiger charge is 2.16. The smallest absolute Gasteiger partial charge is 0.255 e. The Morgan fingerprint density at radius 2 is 2.06 bits per heavy atom. The van der Waals surface area contributed by atoms with Crippen molar-refractivity contribution in [3.05, 3.63) is 17.0 Å². The highest BCUT2D eigenvalue weighted by molar-refractivity contribution is 6.29. The van der Waals surface area contributed by atoms with Crippen LogP contribution >= 0.6 is 11.6 Å². The van der Waals surface area contributed by atoms with Gasteiger partial charge in [-0.05, 0) is 0 Å². The molecule has 18 heavy (non-hydrogen) atoms. The Labute approximate surface area is 110 Å². The summed E-state index contributed by atoms with van der Waals surface area (Å²) in [5, 5.41) is 9.10. The van der Waals surface area contributed by atoms with Gasteiger partial charge in [-0.25, -0.2) is 18.7 Å². The minimum absolute atomic E-state index is 0.0463. The van der Waals surface area contributed by atoms with Crippen molar-refractivity contribution in [2.75, 3.05) is 24.6 Å². The van der Waals surface area contributed by atoms with E-state index in [0.717, 1.165) is 0 Å². The van der Waals surface area contributed by atoms with Gasteiger partial charge in [0, 0.05) is 18.5 Å². The Hall–Kier alpha value is -1.01. The second-order valence-electron chi connectivity index (χ2n) is 4.12. The lowest BCUT2D eigenvalue weighted by molar-refractivity contribution is 0.152. The Morgan fingerprint density at radius 1 is 1.39 bits per heavy atom. The molecule has 0 unspecified atom stereocenters. The van der Waals surface area contributed by atoms with E-state index in [1.165, 1.54) is 11.0 Å². The van der Waals surface area contributed by atoms with E-state index in [1.54, 1.807) is 0 Å². The third-order valence-corrected chi connectivity index (χ3v) is 2.46. The Kier molecular flexibility index (Phi) is 5.68. The molecular weight excluding hydrogens is 264 g/mol. The molecule has 1 heterocycles. The van der Waals surface area contributed by atoms with Crippen LogP contribution in [0.1, 0.15) is 25.6 Å². The van der Waals surface area contributed by atoms with Gasteiger partial charge in [-0.15, -0.1) is 0 Å². The molecule has 0 aliphatic carbocycles. The van der Waals surface area contributed by atoms with Crippen molar-refractivity contribution < 1.29 is 13.9 Å². The maximum Gasteiger partial charge on any atom is 0.255 e. The monoisotopic (exact) mass is 279 g/mol. The van der Waals surface area contributed by atoms with Crippen molar-refractivity contribution in [1.82, 2.24) is 9.97 Å². The average molecular weight is 280 g/mol. The summed E-state index contributed by atoms with van der Waals surface area (Å²) in [7, 11) is 0. The topological polar surface area (TPSA) is 49.2 Å². The number of anilines is 1. The van der Waals surface area contributed by atoms with Gasteiger partial charge in [0.25, 0.3) is 6.43 Å². The third kappa shape index (κ3) is 4.34. The molecule has 1 aromatic heterocycles. The number of halogens is 3. The van der Waals surface area contributed by atoms with Crippen molar-refractivity contribution in [1.29, 1.82) is 0 Å². The lowest BCUT2D eigenvalue weighted by Crippen LogP contribution is -2.32. The number of hydrogen-bond acceptors (Lipinski definition) is 4. The average Bonchev–Trinajstić information content (AvgIpc) is 2.27. The van der Waals surface area contributed by atoms with Crippen LogP contribution in [0, 0.1) is 0 Å². The molecule has 0 aliphatic rings. The lowest BCUT2D eigenvalue weighted by Gasteiger charge is -2.23. The molecule has 1 rings (SSSR count). The van der Waals surface area contributed by atoms with Crippen LogP contribution in [0.15, 0.2) is 6.07 Å². The van der Waals surface area contributed by atoms with Gasteiger partial charge in [0.15, 0.2) is 0 Å². The van der Waals surface area contributed by atoms with Crippen LogP contribution in [0.3, 0.4) is 0 Å². The predicted octanol–water partition coefficient (Wildman–Crippen LogP) is 2.32. The zero-order valence-electron chi connectivity index (χ0n) is 10.3. The van der Waals surface area contributed by atoms with E-state index in [2.05, 4.69) is 9.97 Å². The molecule has 4 nitrogen and oxygen atoms in total. The van der Waals surface area contributed by atoms with Gasteiger partial charge in [0.05, 0.1) is 13.2 Å². The lowest BCUT2D eigenvalue weighted by atomic mass is 10.2. The molecule has 7 heteroatoms. The first kappa shape index (κ1) is 15.0. The van der Waals surface area contributed by atoms with Crippen molar-refractivity contribution >= 4 is 17.4 Å².